The van der Waals surface area contributed by atoms with Crippen LogP contribution >= 0.6 is 0 Å². The van der Waals surface area contributed by atoms with Gasteiger partial charge in [-0.15, -0.1) is 0 Å². The van der Waals surface area contributed by atoms with E-state index < -0.39 is 0 Å². The second-order valence-electron chi connectivity index (χ2n) is 12.5. The van der Waals surface area contributed by atoms with Gasteiger partial charge in [-0.3, -0.25) is 14.6 Å². The maximum Gasteiger partial charge on any atom is 0.251 e. The second-order valence-corrected chi connectivity index (χ2v) is 12.5. The molecule has 1 atom stereocenters. The van der Waals surface area contributed by atoms with Gasteiger partial charge in [0.15, 0.2) is 0 Å². The fraction of sp³-hybridized carbons (Fsp3) is 0.441. The number of nitrogens with one attached hydrogen (secondary N) is 2. The van der Waals surface area contributed by atoms with Crippen LogP contribution in [0.5, 0.6) is 0 Å². The highest BCUT2D eigenvalue weighted by Gasteiger charge is 2.22. The molecule has 7 heteroatoms. The molecule has 6 nitrogen and oxygen atoms in total. The second kappa shape index (κ2) is 13.3. The molecule has 3 aromatic carbocycles. The number of likely N-dealkylation sites (N-methyl/N-ethyl adjacent to an activating group) is 1. The molecule has 5 rings (SSSR count). The summed E-state index contributed by atoms with van der Waals surface area (Å²) in [7, 11) is 4.59. The van der Waals surface area contributed by atoms with E-state index in [1.165, 1.54) is 24.6 Å². The van der Waals surface area contributed by atoms with Crippen LogP contribution in [0.4, 0.5) is 4.39 Å². The van der Waals surface area contributed by atoms with Crippen LogP contribution in [0, 0.1) is 5.82 Å². The van der Waals surface area contributed by atoms with Crippen LogP contribution in [0.2, 0.25) is 0 Å². The van der Waals surface area contributed by atoms with Crippen molar-refractivity contribution in [3.63, 3.8) is 0 Å². The molecule has 0 spiro atoms. The highest BCUT2D eigenvalue weighted by atomic mass is 19.1. The number of amides is 1. The Morgan fingerprint density at radius 3 is 2.54 bits per heavy atom. The number of piperazine rings is 1. The van der Waals surface area contributed by atoms with Crippen molar-refractivity contribution in [2.75, 3.05) is 59.9 Å². The SMILES string of the molecule is C[C@H]1CN(Cc2cccc(-c3cc(CNC(=O)c4cccc(CN5CCC[N+](C)(C)CC5)c4)ccc3F)c2)CCN1. The molecule has 41 heavy (non-hydrogen) atoms. The lowest BCUT2D eigenvalue weighted by molar-refractivity contribution is -0.888. The Morgan fingerprint density at radius 2 is 1.71 bits per heavy atom. The number of halogens is 1. The van der Waals surface area contributed by atoms with Crippen molar-refractivity contribution in [2.24, 2.45) is 0 Å². The van der Waals surface area contributed by atoms with E-state index in [1.54, 1.807) is 6.07 Å². The quantitative estimate of drug-likeness (QED) is 0.400. The van der Waals surface area contributed by atoms with E-state index in [0.29, 0.717) is 23.7 Å². The molecule has 1 amide bonds. The smallest absolute Gasteiger partial charge is 0.251 e. The van der Waals surface area contributed by atoms with Crippen molar-refractivity contribution in [2.45, 2.75) is 39.0 Å². The molecule has 218 valence electrons. The van der Waals surface area contributed by atoms with Crippen molar-refractivity contribution in [3.05, 3.63) is 94.8 Å². The lowest BCUT2D eigenvalue weighted by atomic mass is 10.00. The van der Waals surface area contributed by atoms with Crippen molar-refractivity contribution >= 4 is 5.91 Å². The first-order valence-electron chi connectivity index (χ1n) is 15.0. The summed E-state index contributed by atoms with van der Waals surface area (Å²) in [5.41, 5.74) is 5.29. The van der Waals surface area contributed by atoms with Crippen molar-refractivity contribution in [1.29, 1.82) is 0 Å². The lowest BCUT2D eigenvalue weighted by Crippen LogP contribution is -2.48. The summed E-state index contributed by atoms with van der Waals surface area (Å²) in [5, 5.41) is 6.52. The van der Waals surface area contributed by atoms with Gasteiger partial charge in [0.2, 0.25) is 0 Å². The van der Waals surface area contributed by atoms with Crippen molar-refractivity contribution in [3.8, 4) is 11.1 Å². The van der Waals surface area contributed by atoms with E-state index in [1.807, 2.05) is 36.4 Å². The van der Waals surface area contributed by atoms with E-state index in [0.717, 1.165) is 73.5 Å². The Kier molecular flexibility index (Phi) is 9.50. The molecule has 2 aliphatic heterocycles. The molecular weight excluding hydrogens is 513 g/mol. The van der Waals surface area contributed by atoms with Gasteiger partial charge in [-0.05, 0) is 59.5 Å². The van der Waals surface area contributed by atoms with Crippen LogP contribution in [0.3, 0.4) is 0 Å². The number of quaternary nitrogens is 1. The number of nitrogens with zero attached hydrogens (tertiary/aromatic N) is 3. The molecule has 3 aromatic rings. The zero-order chi connectivity index (χ0) is 28.8. The van der Waals surface area contributed by atoms with Crippen LogP contribution in [0.15, 0.2) is 66.7 Å². The highest BCUT2D eigenvalue weighted by Crippen LogP contribution is 2.26. The van der Waals surface area contributed by atoms with Crippen LogP contribution < -0.4 is 10.6 Å². The first-order chi connectivity index (χ1) is 19.7. The van der Waals surface area contributed by atoms with Gasteiger partial charge in [-0.1, -0.05) is 36.4 Å². The summed E-state index contributed by atoms with van der Waals surface area (Å²) in [6.45, 7) is 11.7. The highest BCUT2D eigenvalue weighted by molar-refractivity contribution is 5.94. The number of rotatable bonds is 8. The third kappa shape index (κ3) is 8.23. The molecule has 2 heterocycles. The van der Waals surface area contributed by atoms with Crippen molar-refractivity contribution in [1.82, 2.24) is 20.4 Å². The van der Waals surface area contributed by atoms with Gasteiger partial charge in [0, 0.05) is 75.9 Å². The number of benzene rings is 3. The number of hydrogen-bond acceptors (Lipinski definition) is 4. The largest absolute Gasteiger partial charge is 0.348 e. The summed E-state index contributed by atoms with van der Waals surface area (Å²) >= 11 is 0. The molecular formula is C34H45FN5O+. The number of carbonyl (C=O) groups is 1. The molecule has 0 aromatic heterocycles. The minimum absolute atomic E-state index is 0.112. The fourth-order valence-electron chi connectivity index (χ4n) is 6.02. The topological polar surface area (TPSA) is 47.6 Å². The number of hydrogen-bond donors (Lipinski definition) is 2. The van der Waals surface area contributed by atoms with Gasteiger partial charge in [0.05, 0.1) is 27.2 Å². The van der Waals surface area contributed by atoms with Crippen LogP contribution in [0.1, 0.15) is 40.4 Å². The summed E-state index contributed by atoms with van der Waals surface area (Å²) in [6, 6.07) is 21.7. The standard InChI is InChI=1S/C34H44FN5O/c1-26-23-39(15-13-36-26)25-28-7-4-9-30(19-28)32-21-27(11-12-33(32)35)22-37-34(41)31-10-5-8-29(20-31)24-38-14-6-17-40(2,3)18-16-38/h4-5,7-12,19-21,26,36H,6,13-18,22-25H2,1-3H3/p+1/t26-/m0/s1. The lowest BCUT2D eigenvalue weighted by Gasteiger charge is -2.31. The Balaban J connectivity index is 1.21. The zero-order valence-electron chi connectivity index (χ0n) is 24.8. The molecule has 0 radical (unpaired) electrons. The van der Waals surface area contributed by atoms with E-state index >= 15 is 0 Å². The van der Waals surface area contributed by atoms with E-state index in [9.17, 15) is 9.18 Å². The minimum atomic E-state index is -0.253. The first-order valence-corrected chi connectivity index (χ1v) is 15.0. The Hall–Kier alpha value is -3.10. The predicted octanol–water partition coefficient (Wildman–Crippen LogP) is 4.50. The molecule has 0 aliphatic carbocycles. The molecule has 0 unspecified atom stereocenters. The third-order valence-corrected chi connectivity index (χ3v) is 8.44. The van der Waals surface area contributed by atoms with Gasteiger partial charge in [-0.2, -0.15) is 0 Å². The third-order valence-electron chi connectivity index (χ3n) is 8.44. The molecule has 0 bridgehead atoms. The maximum atomic E-state index is 15.0. The fourth-order valence-corrected chi connectivity index (χ4v) is 6.02. The Labute approximate surface area is 244 Å². The average molecular weight is 559 g/mol. The molecule has 2 fully saturated rings. The summed E-state index contributed by atoms with van der Waals surface area (Å²) in [6.07, 6.45) is 1.19. The van der Waals surface area contributed by atoms with Gasteiger partial charge in [0.25, 0.3) is 5.91 Å². The zero-order valence-corrected chi connectivity index (χ0v) is 24.8. The average Bonchev–Trinajstić information content (AvgIpc) is 3.12. The molecule has 2 N–H and O–H groups in total. The van der Waals surface area contributed by atoms with Gasteiger partial charge >= 0.3 is 0 Å². The van der Waals surface area contributed by atoms with Crippen LogP contribution in [0.25, 0.3) is 11.1 Å². The summed E-state index contributed by atoms with van der Waals surface area (Å²) < 4.78 is 16.0. The van der Waals surface area contributed by atoms with Gasteiger partial charge in [-0.25, -0.2) is 4.39 Å². The van der Waals surface area contributed by atoms with Crippen LogP contribution in [-0.4, -0.2) is 86.1 Å². The molecule has 0 saturated carbocycles. The van der Waals surface area contributed by atoms with E-state index in [-0.39, 0.29) is 11.7 Å². The minimum Gasteiger partial charge on any atom is -0.348 e. The first kappa shape index (κ1) is 29.4. The summed E-state index contributed by atoms with van der Waals surface area (Å²) in [4.78, 5) is 18.0. The maximum absolute atomic E-state index is 15.0. The molecule has 2 aliphatic rings. The van der Waals surface area contributed by atoms with Gasteiger partial charge < -0.3 is 15.1 Å². The van der Waals surface area contributed by atoms with Gasteiger partial charge in [0.1, 0.15) is 5.82 Å². The van der Waals surface area contributed by atoms with E-state index in [4.69, 9.17) is 0 Å². The molecule has 2 saturated heterocycles. The monoisotopic (exact) mass is 558 g/mol. The van der Waals surface area contributed by atoms with E-state index in [2.05, 4.69) is 59.7 Å². The number of carbonyl (C=O) groups excluding carboxylic acids is 1. The van der Waals surface area contributed by atoms with Crippen molar-refractivity contribution < 1.29 is 13.7 Å². The normalized spacial score (nSPS) is 20.0. The Bertz CT molecular complexity index is 1340. The predicted molar refractivity (Wildman–Crippen MR) is 164 cm³/mol. The summed E-state index contributed by atoms with van der Waals surface area (Å²) in [5.74, 6) is -0.366. The Morgan fingerprint density at radius 1 is 0.927 bits per heavy atom. The van der Waals surface area contributed by atoms with Crippen LogP contribution in [-0.2, 0) is 19.6 Å².